The van der Waals surface area contributed by atoms with Crippen molar-refractivity contribution in [2.75, 3.05) is 6.54 Å². The molecular weight excluding hydrogens is 424 g/mol. The van der Waals surface area contributed by atoms with Gasteiger partial charge < -0.3 is 4.48 Å². The van der Waals surface area contributed by atoms with Gasteiger partial charge in [0.25, 0.3) is 0 Å². The fraction of sp³-hybridized carbons (Fsp3) is 0.485. The van der Waals surface area contributed by atoms with Gasteiger partial charge in [0, 0.05) is 53.9 Å². The highest BCUT2D eigenvalue weighted by molar-refractivity contribution is 5.17. The fourth-order valence-corrected chi connectivity index (χ4v) is 6.45. The van der Waals surface area contributed by atoms with Crippen molar-refractivity contribution in [3.05, 3.63) is 101 Å². The summed E-state index contributed by atoms with van der Waals surface area (Å²) in [6, 6.07) is 30.3. The van der Waals surface area contributed by atoms with Crippen LogP contribution in [0.25, 0.3) is 0 Å². The van der Waals surface area contributed by atoms with E-state index in [0.717, 1.165) is 17.6 Å². The van der Waals surface area contributed by atoms with Crippen LogP contribution in [0.1, 0.15) is 89.9 Å². The zero-order valence-corrected chi connectivity index (χ0v) is 23.1. The van der Waals surface area contributed by atoms with Gasteiger partial charge in [0.05, 0.1) is 6.54 Å². The van der Waals surface area contributed by atoms with E-state index in [1.54, 1.807) is 0 Å². The molecule has 2 unspecified atom stereocenters. The number of nitrogens with zero attached hydrogens (tertiary/aromatic N) is 2. The molecule has 4 rings (SSSR count). The third kappa shape index (κ3) is 5.54. The minimum Gasteiger partial charge on any atom is -0.308 e. The SMILES string of the molecule is CC(C1CCC[N+]1(Cc1ccccc1)Cc1ccccc1)[n+]1c(C(C)(C)C)cccc1C(C)(C)C. The van der Waals surface area contributed by atoms with Crippen LogP contribution in [0.2, 0.25) is 0 Å². The van der Waals surface area contributed by atoms with Crippen molar-refractivity contribution < 1.29 is 9.05 Å². The lowest BCUT2D eigenvalue weighted by Gasteiger charge is -2.42. The van der Waals surface area contributed by atoms with Gasteiger partial charge in [0.2, 0.25) is 6.04 Å². The number of hydrogen-bond donors (Lipinski definition) is 0. The second kappa shape index (κ2) is 9.90. The van der Waals surface area contributed by atoms with Crippen molar-refractivity contribution in [2.45, 2.75) is 97.3 Å². The van der Waals surface area contributed by atoms with E-state index in [9.17, 15) is 0 Å². The number of hydrogen-bond acceptors (Lipinski definition) is 0. The van der Waals surface area contributed by atoms with Crippen LogP contribution in [-0.2, 0) is 23.9 Å². The van der Waals surface area contributed by atoms with Crippen molar-refractivity contribution in [1.82, 2.24) is 0 Å². The Bertz CT molecular complexity index is 1030. The molecule has 2 heteroatoms. The highest BCUT2D eigenvalue weighted by Gasteiger charge is 2.50. The first-order chi connectivity index (χ1) is 16.5. The Balaban J connectivity index is 1.84. The van der Waals surface area contributed by atoms with E-state index in [0.29, 0.717) is 12.1 Å². The third-order valence-electron chi connectivity index (χ3n) is 8.02. The van der Waals surface area contributed by atoms with Gasteiger partial charge in [-0.25, -0.2) is 0 Å². The van der Waals surface area contributed by atoms with Gasteiger partial charge in [0.1, 0.15) is 13.1 Å². The molecule has 0 aliphatic carbocycles. The smallest absolute Gasteiger partial charge is 0.207 e. The lowest BCUT2D eigenvalue weighted by molar-refractivity contribution is -0.984. The maximum atomic E-state index is 2.74. The summed E-state index contributed by atoms with van der Waals surface area (Å²) in [5.74, 6) is 0. The molecule has 0 bridgehead atoms. The first-order valence-electron chi connectivity index (χ1n) is 13.5. The Labute approximate surface area is 214 Å². The molecule has 35 heavy (non-hydrogen) atoms. The first-order valence-corrected chi connectivity index (χ1v) is 13.5. The zero-order chi connectivity index (χ0) is 25.3. The van der Waals surface area contributed by atoms with Crippen molar-refractivity contribution in [3.63, 3.8) is 0 Å². The zero-order valence-electron chi connectivity index (χ0n) is 23.1. The van der Waals surface area contributed by atoms with Gasteiger partial charge in [-0.3, -0.25) is 0 Å². The molecule has 1 aliphatic rings. The monoisotopic (exact) mass is 470 g/mol. The lowest BCUT2D eigenvalue weighted by atomic mass is 9.85. The van der Waals surface area contributed by atoms with E-state index in [4.69, 9.17) is 0 Å². The predicted molar refractivity (Wildman–Crippen MR) is 147 cm³/mol. The number of aromatic nitrogens is 1. The first kappa shape index (κ1) is 25.6. The van der Waals surface area contributed by atoms with E-state index < -0.39 is 0 Å². The molecule has 2 atom stereocenters. The van der Waals surface area contributed by atoms with Crippen LogP contribution in [0.4, 0.5) is 0 Å². The normalized spacial score (nSPS) is 19.0. The summed E-state index contributed by atoms with van der Waals surface area (Å²) in [7, 11) is 0. The molecule has 0 N–H and O–H groups in total. The Hall–Kier alpha value is -2.45. The number of rotatable bonds is 6. The molecule has 186 valence electrons. The third-order valence-corrected chi connectivity index (χ3v) is 8.02. The molecule has 1 saturated heterocycles. The van der Waals surface area contributed by atoms with Crippen molar-refractivity contribution >= 4 is 0 Å². The number of likely N-dealkylation sites (tertiary alicyclic amines) is 1. The summed E-state index contributed by atoms with van der Waals surface area (Å²) in [4.78, 5) is 0. The second-order valence-corrected chi connectivity index (χ2v) is 12.8. The van der Waals surface area contributed by atoms with Gasteiger partial charge in [-0.1, -0.05) is 102 Å². The van der Waals surface area contributed by atoms with Crippen LogP contribution >= 0.6 is 0 Å². The highest BCUT2D eigenvalue weighted by Crippen LogP contribution is 2.38. The van der Waals surface area contributed by atoms with Crippen molar-refractivity contribution in [2.24, 2.45) is 0 Å². The molecule has 1 aromatic heterocycles. The Morgan fingerprint density at radius 3 is 1.60 bits per heavy atom. The van der Waals surface area contributed by atoms with Gasteiger partial charge >= 0.3 is 0 Å². The largest absolute Gasteiger partial charge is 0.308 e. The van der Waals surface area contributed by atoms with Crippen LogP contribution in [-0.4, -0.2) is 17.1 Å². The maximum absolute atomic E-state index is 2.74. The molecule has 0 radical (unpaired) electrons. The average molecular weight is 471 g/mol. The topological polar surface area (TPSA) is 3.88 Å². The molecule has 2 nitrogen and oxygen atoms in total. The molecular formula is C33H46N2+2. The van der Waals surface area contributed by atoms with E-state index in [2.05, 4.69) is 132 Å². The fourth-order valence-electron chi connectivity index (χ4n) is 6.45. The number of quaternary nitrogens is 1. The van der Waals surface area contributed by atoms with E-state index in [-0.39, 0.29) is 10.8 Å². The van der Waals surface area contributed by atoms with E-state index >= 15 is 0 Å². The summed E-state index contributed by atoms with van der Waals surface area (Å²) in [5, 5.41) is 0. The van der Waals surface area contributed by atoms with E-state index in [1.165, 1.54) is 41.9 Å². The van der Waals surface area contributed by atoms with Gasteiger partial charge in [-0.2, -0.15) is 4.57 Å². The predicted octanol–water partition coefficient (Wildman–Crippen LogP) is 7.51. The van der Waals surface area contributed by atoms with Crippen LogP contribution in [0.3, 0.4) is 0 Å². The van der Waals surface area contributed by atoms with Gasteiger partial charge in [-0.05, 0) is 6.07 Å². The minimum atomic E-state index is 0.0860. The highest BCUT2D eigenvalue weighted by atomic mass is 15.4. The Morgan fingerprint density at radius 1 is 0.714 bits per heavy atom. The lowest BCUT2D eigenvalue weighted by Crippen LogP contribution is -2.62. The summed E-state index contributed by atoms with van der Waals surface area (Å²) < 4.78 is 3.86. The quantitative estimate of drug-likeness (QED) is 0.259. The number of pyridine rings is 1. The van der Waals surface area contributed by atoms with Crippen LogP contribution in [0, 0.1) is 0 Å². The van der Waals surface area contributed by atoms with Crippen molar-refractivity contribution in [1.29, 1.82) is 0 Å². The van der Waals surface area contributed by atoms with Crippen LogP contribution in [0.5, 0.6) is 0 Å². The molecule has 2 heterocycles. The van der Waals surface area contributed by atoms with Crippen molar-refractivity contribution in [3.8, 4) is 0 Å². The summed E-state index contributed by atoms with van der Waals surface area (Å²) in [6.07, 6.45) is 2.56. The average Bonchev–Trinajstić information content (AvgIpc) is 3.21. The molecule has 0 amide bonds. The molecule has 0 spiro atoms. The van der Waals surface area contributed by atoms with Gasteiger partial charge in [-0.15, -0.1) is 0 Å². The minimum absolute atomic E-state index is 0.0860. The molecule has 0 saturated carbocycles. The number of benzene rings is 2. The Morgan fingerprint density at radius 2 is 1.17 bits per heavy atom. The summed E-state index contributed by atoms with van der Waals surface area (Å²) >= 11 is 0. The van der Waals surface area contributed by atoms with Crippen LogP contribution in [0.15, 0.2) is 78.9 Å². The Kier molecular flexibility index (Phi) is 7.25. The summed E-state index contributed by atoms with van der Waals surface area (Å²) in [6.45, 7) is 20.1. The molecule has 2 aromatic carbocycles. The summed E-state index contributed by atoms with van der Waals surface area (Å²) in [5.41, 5.74) is 5.97. The van der Waals surface area contributed by atoms with Gasteiger partial charge in [0.15, 0.2) is 17.4 Å². The van der Waals surface area contributed by atoms with Crippen LogP contribution < -0.4 is 4.57 Å². The molecule has 1 fully saturated rings. The molecule has 1 aliphatic heterocycles. The van der Waals surface area contributed by atoms with E-state index in [1.807, 2.05) is 0 Å². The maximum Gasteiger partial charge on any atom is 0.207 e. The molecule has 3 aromatic rings. The second-order valence-electron chi connectivity index (χ2n) is 12.8. The standard InChI is InChI=1S/C33H46N2/c1-26(34-30(32(2,3)4)21-14-22-31(34)33(5,6)7)29-20-15-23-35(29,24-27-16-10-8-11-17-27)25-28-18-12-9-13-19-28/h8-14,16-19,21-22,26,29H,15,20,23-25H2,1-7H3/q+2.